The maximum Gasteiger partial charge on any atom is 0.161 e. The fraction of sp³-hybridized carbons (Fsp3) is 0.619. The van der Waals surface area contributed by atoms with Gasteiger partial charge >= 0.3 is 0 Å². The minimum Gasteiger partial charge on any atom is -0.495 e. The Bertz CT molecular complexity index is 621. The SMILES string of the molecule is COc1ccccc1C#CP(=O)(C1CCCCC1)C1CCCCC1. The zero-order valence-electron chi connectivity index (χ0n) is 14.8. The molecule has 0 spiro atoms. The molecule has 0 unspecified atom stereocenters. The highest BCUT2D eigenvalue weighted by molar-refractivity contribution is 7.70. The number of hydrogen-bond donors (Lipinski definition) is 0. The van der Waals surface area contributed by atoms with Crippen LogP contribution in [0.15, 0.2) is 24.3 Å². The highest BCUT2D eigenvalue weighted by atomic mass is 31.2. The quantitative estimate of drug-likeness (QED) is 0.494. The predicted molar refractivity (Wildman–Crippen MR) is 101 cm³/mol. The minimum atomic E-state index is -2.48. The van der Waals surface area contributed by atoms with Crippen molar-refractivity contribution in [1.82, 2.24) is 0 Å². The molecule has 0 bridgehead atoms. The third kappa shape index (κ3) is 3.89. The Morgan fingerprint density at radius 1 is 0.917 bits per heavy atom. The largest absolute Gasteiger partial charge is 0.495 e. The van der Waals surface area contributed by atoms with Gasteiger partial charge in [-0.3, -0.25) is 0 Å². The van der Waals surface area contributed by atoms with Crippen molar-refractivity contribution < 1.29 is 9.30 Å². The van der Waals surface area contributed by atoms with Crippen LogP contribution in [0.2, 0.25) is 0 Å². The first-order chi connectivity index (χ1) is 11.7. The van der Waals surface area contributed by atoms with E-state index in [4.69, 9.17) is 4.74 Å². The molecular weight excluding hydrogens is 315 g/mol. The summed E-state index contributed by atoms with van der Waals surface area (Å²) in [6.45, 7) is 0. The molecule has 0 aliphatic heterocycles. The van der Waals surface area contributed by atoms with Crippen molar-refractivity contribution in [2.45, 2.75) is 75.5 Å². The number of benzene rings is 1. The van der Waals surface area contributed by atoms with Crippen LogP contribution in [0.3, 0.4) is 0 Å². The first-order valence-electron chi connectivity index (χ1n) is 9.50. The molecule has 2 nitrogen and oxygen atoms in total. The summed E-state index contributed by atoms with van der Waals surface area (Å²) >= 11 is 0. The van der Waals surface area contributed by atoms with E-state index in [0.717, 1.165) is 37.0 Å². The number of para-hydroxylation sites is 1. The summed E-state index contributed by atoms with van der Waals surface area (Å²) in [5.74, 6) is 4.04. The van der Waals surface area contributed by atoms with E-state index in [1.807, 2.05) is 24.3 Å². The maximum absolute atomic E-state index is 14.1. The lowest BCUT2D eigenvalue weighted by molar-refractivity contribution is 0.413. The van der Waals surface area contributed by atoms with Crippen LogP contribution in [0, 0.1) is 11.6 Å². The molecule has 2 aliphatic rings. The van der Waals surface area contributed by atoms with Gasteiger partial charge in [-0.2, -0.15) is 0 Å². The molecule has 0 amide bonds. The number of ether oxygens (including phenoxy) is 1. The first-order valence-corrected chi connectivity index (χ1v) is 11.3. The molecule has 0 radical (unpaired) electrons. The normalized spacial score (nSPS) is 20.2. The minimum absolute atomic E-state index is 0.330. The van der Waals surface area contributed by atoms with E-state index in [9.17, 15) is 4.57 Å². The second kappa shape index (κ2) is 8.26. The van der Waals surface area contributed by atoms with Gasteiger partial charge in [0.1, 0.15) is 5.75 Å². The molecule has 0 atom stereocenters. The van der Waals surface area contributed by atoms with Crippen LogP contribution in [0.4, 0.5) is 0 Å². The summed E-state index contributed by atoms with van der Waals surface area (Å²) in [4.78, 5) is 0. The average Bonchev–Trinajstić information content (AvgIpc) is 2.67. The lowest BCUT2D eigenvalue weighted by Crippen LogP contribution is -2.22. The highest BCUT2D eigenvalue weighted by Crippen LogP contribution is 2.62. The van der Waals surface area contributed by atoms with Crippen molar-refractivity contribution in [3.8, 4) is 17.3 Å². The number of methoxy groups -OCH3 is 1. The van der Waals surface area contributed by atoms with Gasteiger partial charge in [0.15, 0.2) is 7.14 Å². The van der Waals surface area contributed by atoms with Gasteiger partial charge in [0.05, 0.1) is 12.7 Å². The van der Waals surface area contributed by atoms with Crippen LogP contribution < -0.4 is 4.74 Å². The van der Waals surface area contributed by atoms with Crippen LogP contribution >= 0.6 is 7.14 Å². The van der Waals surface area contributed by atoms with Crippen molar-refractivity contribution in [2.24, 2.45) is 0 Å². The Morgan fingerprint density at radius 3 is 2.00 bits per heavy atom. The smallest absolute Gasteiger partial charge is 0.161 e. The van der Waals surface area contributed by atoms with Crippen LogP contribution in [0.25, 0.3) is 0 Å². The van der Waals surface area contributed by atoms with E-state index in [2.05, 4.69) is 11.6 Å². The van der Waals surface area contributed by atoms with E-state index in [0.29, 0.717) is 11.3 Å². The van der Waals surface area contributed by atoms with Crippen molar-refractivity contribution in [1.29, 1.82) is 0 Å². The van der Waals surface area contributed by atoms with E-state index in [1.54, 1.807) is 7.11 Å². The van der Waals surface area contributed by atoms with Crippen LogP contribution in [-0.4, -0.2) is 18.4 Å². The highest BCUT2D eigenvalue weighted by Gasteiger charge is 2.40. The number of rotatable bonds is 3. The Morgan fingerprint density at radius 2 is 1.46 bits per heavy atom. The molecule has 1 aromatic carbocycles. The summed E-state index contributed by atoms with van der Waals surface area (Å²) in [6.07, 6.45) is 11.9. The zero-order chi connectivity index (χ0) is 16.8. The summed E-state index contributed by atoms with van der Waals surface area (Å²) in [7, 11) is -0.814. The molecule has 2 saturated carbocycles. The molecule has 24 heavy (non-hydrogen) atoms. The standard InChI is InChI=1S/C21H29O2P/c1-23-21-15-9-8-10-18(21)16-17-24(22,19-11-4-2-5-12-19)20-13-6-3-7-14-20/h8-10,15,19-20H,2-7,11-14H2,1H3. The third-order valence-electron chi connectivity index (χ3n) is 5.71. The summed E-state index contributed by atoms with van der Waals surface area (Å²) in [6, 6.07) is 7.82. The van der Waals surface area contributed by atoms with Gasteiger partial charge in [-0.05, 0) is 43.5 Å². The molecule has 0 N–H and O–H groups in total. The van der Waals surface area contributed by atoms with Crippen LogP contribution in [0.1, 0.15) is 69.8 Å². The molecule has 0 heterocycles. The van der Waals surface area contributed by atoms with Crippen molar-refractivity contribution in [3.63, 3.8) is 0 Å². The molecule has 130 valence electrons. The lowest BCUT2D eigenvalue weighted by Gasteiger charge is -2.34. The Balaban J connectivity index is 1.92. The first kappa shape index (κ1) is 17.6. The van der Waals surface area contributed by atoms with E-state index in [1.165, 1.54) is 38.5 Å². The topological polar surface area (TPSA) is 26.3 Å². The molecule has 1 aromatic rings. The Hall–Kier alpha value is -1.19. The average molecular weight is 344 g/mol. The predicted octanol–water partition coefficient (Wildman–Crippen LogP) is 6.03. The Kier molecular flexibility index (Phi) is 6.07. The zero-order valence-corrected chi connectivity index (χ0v) is 15.7. The maximum atomic E-state index is 14.1. The summed E-state index contributed by atoms with van der Waals surface area (Å²) in [5, 5.41) is 0. The van der Waals surface area contributed by atoms with E-state index >= 15 is 0 Å². The molecule has 0 saturated heterocycles. The molecule has 3 rings (SSSR count). The van der Waals surface area contributed by atoms with Gasteiger partial charge in [-0.25, -0.2) is 0 Å². The van der Waals surface area contributed by atoms with Gasteiger partial charge < -0.3 is 9.30 Å². The van der Waals surface area contributed by atoms with Crippen molar-refractivity contribution in [3.05, 3.63) is 29.8 Å². The van der Waals surface area contributed by atoms with Gasteiger partial charge in [0, 0.05) is 11.3 Å². The molecular formula is C21H29O2P. The third-order valence-corrected chi connectivity index (χ3v) is 9.37. The van der Waals surface area contributed by atoms with E-state index < -0.39 is 7.14 Å². The van der Waals surface area contributed by atoms with Gasteiger partial charge in [0.2, 0.25) is 0 Å². The van der Waals surface area contributed by atoms with Gasteiger partial charge in [-0.15, -0.1) is 0 Å². The molecule has 0 aromatic heterocycles. The molecule has 2 fully saturated rings. The molecule has 2 aliphatic carbocycles. The second-order valence-corrected chi connectivity index (χ2v) is 10.3. The summed E-state index contributed by atoms with van der Waals surface area (Å²) in [5.41, 5.74) is 4.88. The van der Waals surface area contributed by atoms with Crippen LogP contribution in [-0.2, 0) is 4.57 Å². The van der Waals surface area contributed by atoms with Gasteiger partial charge in [0.25, 0.3) is 0 Å². The van der Waals surface area contributed by atoms with Gasteiger partial charge in [-0.1, -0.05) is 56.6 Å². The fourth-order valence-electron chi connectivity index (χ4n) is 4.31. The monoisotopic (exact) mass is 344 g/mol. The summed E-state index contributed by atoms with van der Waals surface area (Å²) < 4.78 is 19.5. The Labute approximate surface area is 146 Å². The lowest BCUT2D eigenvalue weighted by atomic mass is 9.99. The van der Waals surface area contributed by atoms with Crippen LogP contribution in [0.5, 0.6) is 5.75 Å². The number of hydrogen-bond acceptors (Lipinski definition) is 2. The second-order valence-electron chi connectivity index (χ2n) is 7.23. The molecule has 3 heteroatoms. The van der Waals surface area contributed by atoms with E-state index in [-0.39, 0.29) is 0 Å². The van der Waals surface area contributed by atoms with Crippen molar-refractivity contribution >= 4 is 7.14 Å². The van der Waals surface area contributed by atoms with Crippen molar-refractivity contribution in [2.75, 3.05) is 7.11 Å². The fourth-order valence-corrected chi connectivity index (χ4v) is 7.83.